The second-order valence-corrected chi connectivity index (χ2v) is 5.22. The molecule has 0 saturated carbocycles. The van der Waals surface area contributed by atoms with Crippen LogP contribution < -0.4 is 0 Å². The molecule has 0 amide bonds. The molecule has 5 nitrogen and oxygen atoms in total. The van der Waals surface area contributed by atoms with E-state index in [0.29, 0.717) is 5.69 Å². The van der Waals surface area contributed by atoms with Gasteiger partial charge < -0.3 is 9.84 Å². The molecule has 2 rings (SSSR count). The highest BCUT2D eigenvalue weighted by atomic mass is 16.5. The number of aromatic nitrogens is 1. The first-order valence-electron chi connectivity index (χ1n) is 7.65. The Labute approximate surface area is 141 Å². The Bertz CT molecular complexity index is 791. The topological polar surface area (TPSA) is 71.8 Å². The first kappa shape index (κ1) is 17.4. The Balaban J connectivity index is 2.31. The van der Waals surface area contributed by atoms with E-state index in [4.69, 9.17) is 4.74 Å². The zero-order valence-corrected chi connectivity index (χ0v) is 14.0. The molecule has 0 spiro atoms. The number of ether oxygens (including phenoxy) is 1. The number of pyridine rings is 1. The molecule has 124 valence electrons. The Morgan fingerprint density at radius 3 is 2.83 bits per heavy atom. The highest BCUT2D eigenvalue weighted by Gasteiger charge is 2.11. The van der Waals surface area contributed by atoms with Crippen LogP contribution in [0.5, 0.6) is 0 Å². The number of aliphatic hydroxyl groups excluding tert-OH is 1. The normalized spacial score (nSPS) is 12.1. The lowest BCUT2D eigenvalue weighted by atomic mass is 10.0. The molecule has 0 fully saturated rings. The molecule has 0 aliphatic carbocycles. The first-order valence-corrected chi connectivity index (χ1v) is 7.65. The lowest BCUT2D eigenvalue weighted by molar-refractivity contribution is -0.138. The number of benzene rings is 1. The van der Waals surface area contributed by atoms with Gasteiger partial charge in [-0.3, -0.25) is 9.98 Å². The summed E-state index contributed by atoms with van der Waals surface area (Å²) < 4.78 is 4.91. The van der Waals surface area contributed by atoms with E-state index < -0.39 is 5.97 Å². The summed E-state index contributed by atoms with van der Waals surface area (Å²) in [5.74, 6) is -0.722. The van der Waals surface area contributed by atoms with Crippen molar-refractivity contribution in [1.82, 2.24) is 4.98 Å². The minimum absolute atomic E-state index is 0.0438. The summed E-state index contributed by atoms with van der Waals surface area (Å²) in [7, 11) is 0. The van der Waals surface area contributed by atoms with Crippen LogP contribution in [0.4, 0.5) is 5.69 Å². The predicted octanol–water partition coefficient (Wildman–Crippen LogP) is 4.15. The van der Waals surface area contributed by atoms with Crippen LogP contribution in [0.2, 0.25) is 0 Å². The van der Waals surface area contributed by atoms with Gasteiger partial charge in [0.15, 0.2) is 0 Å². The van der Waals surface area contributed by atoms with Gasteiger partial charge in [-0.1, -0.05) is 12.1 Å². The van der Waals surface area contributed by atoms with Crippen LogP contribution in [0.3, 0.4) is 0 Å². The number of allylic oxidation sites excluding steroid dienone is 1. The van der Waals surface area contributed by atoms with Gasteiger partial charge in [0.25, 0.3) is 0 Å². The van der Waals surface area contributed by atoms with E-state index in [9.17, 15) is 9.90 Å². The summed E-state index contributed by atoms with van der Waals surface area (Å²) >= 11 is 0. The standard InChI is InChI=1S/C19H20N2O3/c1-4-24-19(23)18(14(3)22)12-21-16-7-5-6-15(10-16)17-8-9-20-11-13(17)2/h5-12,22H,4H2,1-3H3. The fraction of sp³-hybridized carbons (Fsp3) is 0.211. The second-order valence-electron chi connectivity index (χ2n) is 5.22. The molecule has 0 bridgehead atoms. The Kier molecular flexibility index (Phi) is 5.84. The predicted molar refractivity (Wildman–Crippen MR) is 94.5 cm³/mol. The average molecular weight is 324 g/mol. The zero-order chi connectivity index (χ0) is 17.5. The van der Waals surface area contributed by atoms with Crippen molar-refractivity contribution < 1.29 is 14.6 Å². The van der Waals surface area contributed by atoms with Crippen LogP contribution in [0, 0.1) is 6.92 Å². The molecule has 0 aliphatic heterocycles. The van der Waals surface area contributed by atoms with Gasteiger partial charge in [0.2, 0.25) is 0 Å². The summed E-state index contributed by atoms with van der Waals surface area (Å²) in [5.41, 5.74) is 3.86. The van der Waals surface area contributed by atoms with Gasteiger partial charge in [0.1, 0.15) is 11.3 Å². The third-order valence-corrected chi connectivity index (χ3v) is 3.41. The molecule has 1 N–H and O–H groups in total. The fourth-order valence-electron chi connectivity index (χ4n) is 2.19. The zero-order valence-electron chi connectivity index (χ0n) is 14.0. The molecule has 0 aliphatic rings. The summed E-state index contributed by atoms with van der Waals surface area (Å²) in [6.45, 7) is 5.37. The van der Waals surface area contributed by atoms with Gasteiger partial charge in [-0.2, -0.15) is 0 Å². The quantitative estimate of drug-likeness (QED) is 0.388. The van der Waals surface area contributed by atoms with Gasteiger partial charge in [-0.05, 0) is 55.7 Å². The van der Waals surface area contributed by atoms with Crippen LogP contribution in [0.15, 0.2) is 59.1 Å². The summed E-state index contributed by atoms with van der Waals surface area (Å²) in [4.78, 5) is 20.2. The summed E-state index contributed by atoms with van der Waals surface area (Å²) in [6.07, 6.45) is 4.88. The molecule has 0 saturated heterocycles. The maximum atomic E-state index is 11.8. The number of aliphatic imine (C=N–C) groups is 1. The Hall–Kier alpha value is -2.95. The number of carbonyl (C=O) groups excluding carboxylic acids is 1. The second kappa shape index (κ2) is 8.06. The molecule has 0 radical (unpaired) electrons. The third kappa shape index (κ3) is 4.29. The van der Waals surface area contributed by atoms with E-state index in [1.54, 1.807) is 13.1 Å². The summed E-state index contributed by atoms with van der Waals surface area (Å²) in [6, 6.07) is 9.56. The van der Waals surface area contributed by atoms with Crippen LogP contribution in [0.25, 0.3) is 11.1 Å². The minimum atomic E-state index is -0.595. The van der Waals surface area contributed by atoms with E-state index in [0.717, 1.165) is 16.7 Å². The van der Waals surface area contributed by atoms with Crippen molar-refractivity contribution in [2.24, 2.45) is 4.99 Å². The Morgan fingerprint density at radius 2 is 2.17 bits per heavy atom. The fourth-order valence-corrected chi connectivity index (χ4v) is 2.19. The van der Waals surface area contributed by atoms with Crippen molar-refractivity contribution in [2.75, 3.05) is 6.61 Å². The number of carbonyl (C=O) groups is 1. The van der Waals surface area contributed by atoms with E-state index in [1.807, 2.05) is 43.5 Å². The monoisotopic (exact) mass is 324 g/mol. The number of aliphatic hydroxyl groups is 1. The van der Waals surface area contributed by atoms with E-state index >= 15 is 0 Å². The smallest absolute Gasteiger partial charge is 0.343 e. The summed E-state index contributed by atoms with van der Waals surface area (Å²) in [5, 5.41) is 9.64. The first-order chi connectivity index (χ1) is 11.5. The van der Waals surface area contributed by atoms with Crippen molar-refractivity contribution in [3.05, 3.63) is 59.6 Å². The molecule has 1 aromatic heterocycles. The Morgan fingerprint density at radius 1 is 1.38 bits per heavy atom. The number of aryl methyl sites for hydroxylation is 1. The number of nitrogens with zero attached hydrogens (tertiary/aromatic N) is 2. The molecule has 2 aromatic rings. The molecule has 5 heteroatoms. The van der Waals surface area contributed by atoms with Crippen molar-refractivity contribution in [1.29, 1.82) is 0 Å². The van der Waals surface area contributed by atoms with Crippen molar-refractivity contribution >= 4 is 17.9 Å². The molecular weight excluding hydrogens is 304 g/mol. The van der Waals surface area contributed by atoms with Crippen molar-refractivity contribution in [2.45, 2.75) is 20.8 Å². The number of esters is 1. The highest BCUT2D eigenvalue weighted by molar-refractivity contribution is 6.10. The van der Waals surface area contributed by atoms with Gasteiger partial charge in [0.05, 0.1) is 12.3 Å². The van der Waals surface area contributed by atoms with Crippen LogP contribution in [-0.4, -0.2) is 28.9 Å². The minimum Gasteiger partial charge on any atom is -0.512 e. The average Bonchev–Trinajstić information content (AvgIpc) is 2.55. The van der Waals surface area contributed by atoms with Gasteiger partial charge >= 0.3 is 5.97 Å². The van der Waals surface area contributed by atoms with E-state index in [1.165, 1.54) is 13.1 Å². The van der Waals surface area contributed by atoms with Crippen LogP contribution >= 0.6 is 0 Å². The lowest BCUT2D eigenvalue weighted by Crippen LogP contribution is -2.10. The van der Waals surface area contributed by atoms with Crippen molar-refractivity contribution in [3.63, 3.8) is 0 Å². The molecule has 0 unspecified atom stereocenters. The van der Waals surface area contributed by atoms with Gasteiger partial charge in [-0.25, -0.2) is 4.79 Å². The van der Waals surface area contributed by atoms with Crippen LogP contribution in [0.1, 0.15) is 19.4 Å². The van der Waals surface area contributed by atoms with Crippen LogP contribution in [-0.2, 0) is 9.53 Å². The third-order valence-electron chi connectivity index (χ3n) is 3.41. The number of rotatable bonds is 5. The highest BCUT2D eigenvalue weighted by Crippen LogP contribution is 2.26. The molecule has 1 aromatic carbocycles. The van der Waals surface area contributed by atoms with Gasteiger partial charge in [0, 0.05) is 18.6 Å². The number of hydrogen-bond acceptors (Lipinski definition) is 5. The maximum Gasteiger partial charge on any atom is 0.343 e. The van der Waals surface area contributed by atoms with E-state index in [2.05, 4.69) is 9.98 Å². The maximum absolute atomic E-state index is 11.8. The molecule has 1 heterocycles. The van der Waals surface area contributed by atoms with Gasteiger partial charge in [-0.15, -0.1) is 0 Å². The number of hydrogen-bond donors (Lipinski definition) is 1. The molecular formula is C19H20N2O3. The molecule has 0 atom stereocenters. The van der Waals surface area contributed by atoms with E-state index in [-0.39, 0.29) is 17.9 Å². The SMILES string of the molecule is CCOC(=O)C(C=Nc1cccc(-c2ccncc2C)c1)=C(C)O. The molecule has 24 heavy (non-hydrogen) atoms. The largest absolute Gasteiger partial charge is 0.512 e. The van der Waals surface area contributed by atoms with Crippen molar-refractivity contribution in [3.8, 4) is 11.1 Å². The lowest BCUT2D eigenvalue weighted by Gasteiger charge is -2.06.